The summed E-state index contributed by atoms with van der Waals surface area (Å²) in [7, 11) is 0. The summed E-state index contributed by atoms with van der Waals surface area (Å²) in [6, 6.07) is 0.770. The lowest BCUT2D eigenvalue weighted by atomic mass is 9.73. The fraction of sp³-hybridized carbons (Fsp3) is 0.900. The Kier molecular flexibility index (Phi) is 4.88. The maximum Gasteiger partial charge on any atom is 0.411 e. The first-order valence-corrected chi connectivity index (χ1v) is 10.5. The molecule has 0 radical (unpaired) electrons. The van der Waals surface area contributed by atoms with Gasteiger partial charge in [0.2, 0.25) is 5.91 Å². The van der Waals surface area contributed by atoms with Crippen LogP contribution in [0.5, 0.6) is 0 Å². The lowest BCUT2D eigenvalue weighted by Gasteiger charge is -2.60. The Morgan fingerprint density at radius 3 is 2.46 bits per heavy atom. The molecule has 2 atom stereocenters. The molecular formula is C20H33N3O3. The largest absolute Gasteiger partial charge is 0.450 e. The molecule has 1 saturated carbocycles. The lowest BCUT2D eigenvalue weighted by Crippen LogP contribution is -2.72. The van der Waals surface area contributed by atoms with Crippen molar-refractivity contribution in [1.82, 2.24) is 14.7 Å². The van der Waals surface area contributed by atoms with E-state index in [0.29, 0.717) is 31.0 Å². The van der Waals surface area contributed by atoms with Gasteiger partial charge in [-0.25, -0.2) is 4.79 Å². The molecule has 1 aliphatic carbocycles. The molecule has 1 spiro atoms. The number of carbonyl (C=O) groups excluding carboxylic acids is 2. The van der Waals surface area contributed by atoms with Crippen LogP contribution in [0.2, 0.25) is 0 Å². The van der Waals surface area contributed by atoms with Gasteiger partial charge in [-0.2, -0.15) is 0 Å². The third kappa shape index (κ3) is 2.90. The minimum atomic E-state index is -0.152. The van der Waals surface area contributed by atoms with Gasteiger partial charge in [-0.15, -0.1) is 0 Å². The summed E-state index contributed by atoms with van der Waals surface area (Å²) < 4.78 is 5.31. The van der Waals surface area contributed by atoms with E-state index < -0.39 is 0 Å². The van der Waals surface area contributed by atoms with Gasteiger partial charge in [0, 0.05) is 43.6 Å². The number of ether oxygens (including phenoxy) is 1. The Hall–Kier alpha value is -1.30. The van der Waals surface area contributed by atoms with Crippen LogP contribution in [-0.4, -0.2) is 71.2 Å². The van der Waals surface area contributed by atoms with Crippen molar-refractivity contribution in [3.05, 3.63) is 0 Å². The number of rotatable bonds is 3. The van der Waals surface area contributed by atoms with Crippen molar-refractivity contribution in [1.29, 1.82) is 0 Å². The van der Waals surface area contributed by atoms with Crippen LogP contribution in [0, 0.1) is 5.41 Å². The molecule has 0 N–H and O–H groups in total. The molecule has 146 valence electrons. The Labute approximate surface area is 156 Å². The van der Waals surface area contributed by atoms with E-state index in [1.807, 2.05) is 11.8 Å². The zero-order valence-corrected chi connectivity index (χ0v) is 16.3. The summed E-state index contributed by atoms with van der Waals surface area (Å²) in [6.45, 7) is 7.30. The first-order valence-electron chi connectivity index (χ1n) is 10.5. The fourth-order valence-corrected chi connectivity index (χ4v) is 5.99. The molecule has 3 heterocycles. The highest BCUT2D eigenvalue weighted by molar-refractivity contribution is 5.79. The number of amides is 2. The van der Waals surface area contributed by atoms with E-state index in [9.17, 15) is 9.59 Å². The molecule has 3 aliphatic heterocycles. The first kappa shape index (κ1) is 18.1. The van der Waals surface area contributed by atoms with Gasteiger partial charge >= 0.3 is 6.09 Å². The Morgan fingerprint density at radius 2 is 1.88 bits per heavy atom. The number of likely N-dealkylation sites (tertiary alicyclic amines) is 3. The van der Waals surface area contributed by atoms with Crippen LogP contribution < -0.4 is 0 Å². The number of hydrogen-bond acceptors (Lipinski definition) is 4. The Morgan fingerprint density at radius 1 is 1.19 bits per heavy atom. The van der Waals surface area contributed by atoms with Crippen LogP contribution in [-0.2, 0) is 9.53 Å². The van der Waals surface area contributed by atoms with Crippen molar-refractivity contribution in [2.45, 2.75) is 83.5 Å². The second-order valence-electron chi connectivity index (χ2n) is 8.73. The molecule has 1 unspecified atom stereocenters. The Balaban J connectivity index is 1.42. The predicted molar refractivity (Wildman–Crippen MR) is 98.6 cm³/mol. The molecule has 4 fully saturated rings. The third-order valence-electron chi connectivity index (χ3n) is 7.21. The third-order valence-corrected chi connectivity index (χ3v) is 7.21. The molecule has 0 aromatic carbocycles. The number of carbonyl (C=O) groups is 2. The summed E-state index contributed by atoms with van der Waals surface area (Å²) in [5, 5.41) is 0. The monoisotopic (exact) mass is 363 g/mol. The minimum Gasteiger partial charge on any atom is -0.450 e. The van der Waals surface area contributed by atoms with Gasteiger partial charge in [0.15, 0.2) is 0 Å². The molecule has 0 bridgehead atoms. The van der Waals surface area contributed by atoms with E-state index in [4.69, 9.17) is 4.74 Å². The van der Waals surface area contributed by atoms with Crippen molar-refractivity contribution in [3.63, 3.8) is 0 Å². The van der Waals surface area contributed by atoms with E-state index in [0.717, 1.165) is 38.9 Å². The van der Waals surface area contributed by atoms with Crippen LogP contribution >= 0.6 is 0 Å². The van der Waals surface area contributed by atoms with Crippen molar-refractivity contribution in [2.75, 3.05) is 26.2 Å². The highest BCUT2D eigenvalue weighted by Gasteiger charge is 2.58. The predicted octanol–water partition coefficient (Wildman–Crippen LogP) is 2.82. The van der Waals surface area contributed by atoms with E-state index in [-0.39, 0.29) is 17.7 Å². The fourth-order valence-electron chi connectivity index (χ4n) is 5.99. The van der Waals surface area contributed by atoms with Gasteiger partial charge in [0.1, 0.15) is 0 Å². The number of nitrogens with zero attached hydrogens (tertiary/aromatic N) is 3. The van der Waals surface area contributed by atoms with Gasteiger partial charge in [-0.1, -0.05) is 12.8 Å². The molecular weight excluding hydrogens is 330 g/mol. The van der Waals surface area contributed by atoms with Crippen LogP contribution in [0.25, 0.3) is 0 Å². The molecule has 2 amide bonds. The Bertz CT molecular complexity index is 553. The molecule has 6 nitrogen and oxygen atoms in total. The van der Waals surface area contributed by atoms with E-state index in [1.165, 1.54) is 25.7 Å². The summed E-state index contributed by atoms with van der Waals surface area (Å²) in [4.78, 5) is 31.2. The summed E-state index contributed by atoms with van der Waals surface area (Å²) in [5.41, 5.74) is 0.288. The number of hydrogen-bond donors (Lipinski definition) is 0. The van der Waals surface area contributed by atoms with Gasteiger partial charge in [0.05, 0.1) is 12.8 Å². The minimum absolute atomic E-state index is 0.152. The SMILES string of the molecule is CCOC(=O)N1CC2(CCCC2)C1N1CCC(N2C(=O)CC[C@@H]2C)CC1. The summed E-state index contributed by atoms with van der Waals surface area (Å²) in [6.07, 6.45) is 8.85. The second kappa shape index (κ2) is 7.02. The standard InChI is InChI=1S/C20H33N3O3/c1-3-26-19(25)22-14-20(10-4-5-11-20)18(22)21-12-8-16(9-13-21)23-15(2)6-7-17(23)24/h15-16,18H,3-14H2,1-2H3/t15-,18?/m0/s1. The summed E-state index contributed by atoms with van der Waals surface area (Å²) >= 11 is 0. The van der Waals surface area contributed by atoms with Crippen LogP contribution in [0.3, 0.4) is 0 Å². The topological polar surface area (TPSA) is 53.1 Å². The van der Waals surface area contributed by atoms with Gasteiger partial charge < -0.3 is 9.64 Å². The average Bonchev–Trinajstić information content (AvgIpc) is 3.23. The highest BCUT2D eigenvalue weighted by Crippen LogP contribution is 2.52. The first-order chi connectivity index (χ1) is 12.6. The van der Waals surface area contributed by atoms with Crippen LogP contribution in [0.4, 0.5) is 4.79 Å². The van der Waals surface area contributed by atoms with Crippen molar-refractivity contribution < 1.29 is 14.3 Å². The summed E-state index contributed by atoms with van der Waals surface area (Å²) in [5.74, 6) is 0.333. The van der Waals surface area contributed by atoms with Crippen molar-refractivity contribution in [2.24, 2.45) is 5.41 Å². The smallest absolute Gasteiger partial charge is 0.411 e. The van der Waals surface area contributed by atoms with E-state index in [2.05, 4.69) is 16.7 Å². The van der Waals surface area contributed by atoms with Crippen LogP contribution in [0.1, 0.15) is 65.2 Å². The van der Waals surface area contributed by atoms with Gasteiger partial charge in [-0.3, -0.25) is 14.6 Å². The molecule has 6 heteroatoms. The van der Waals surface area contributed by atoms with Gasteiger partial charge in [-0.05, 0) is 46.0 Å². The molecule has 26 heavy (non-hydrogen) atoms. The zero-order chi connectivity index (χ0) is 18.3. The van der Waals surface area contributed by atoms with E-state index in [1.54, 1.807) is 0 Å². The highest BCUT2D eigenvalue weighted by atomic mass is 16.6. The maximum atomic E-state index is 12.4. The molecule has 0 aromatic rings. The molecule has 0 aromatic heterocycles. The van der Waals surface area contributed by atoms with E-state index >= 15 is 0 Å². The average molecular weight is 364 g/mol. The van der Waals surface area contributed by atoms with Crippen molar-refractivity contribution >= 4 is 12.0 Å². The van der Waals surface area contributed by atoms with Crippen LogP contribution in [0.15, 0.2) is 0 Å². The normalized spacial score (nSPS) is 32.3. The van der Waals surface area contributed by atoms with Crippen molar-refractivity contribution in [3.8, 4) is 0 Å². The van der Waals surface area contributed by atoms with Gasteiger partial charge in [0.25, 0.3) is 0 Å². The second-order valence-corrected chi connectivity index (χ2v) is 8.73. The molecule has 4 rings (SSSR count). The number of piperidine rings is 1. The maximum absolute atomic E-state index is 12.4. The lowest BCUT2D eigenvalue weighted by molar-refractivity contribution is -0.150. The quantitative estimate of drug-likeness (QED) is 0.774. The molecule has 3 saturated heterocycles. The zero-order valence-electron chi connectivity index (χ0n) is 16.3. The molecule has 4 aliphatic rings.